The van der Waals surface area contributed by atoms with Crippen molar-refractivity contribution in [2.45, 2.75) is 39.2 Å². The van der Waals surface area contributed by atoms with Crippen molar-refractivity contribution in [3.05, 3.63) is 0 Å². The van der Waals surface area contributed by atoms with Gasteiger partial charge in [0, 0.05) is 12.5 Å². The first kappa shape index (κ1) is 13.5. The molecule has 1 aliphatic carbocycles. The third-order valence-electron chi connectivity index (χ3n) is 3.14. The molecule has 2 fully saturated rings. The molecule has 1 saturated carbocycles. The van der Waals surface area contributed by atoms with E-state index in [-0.39, 0.29) is 18.1 Å². The molecule has 0 atom stereocenters. The van der Waals surface area contributed by atoms with E-state index in [0.717, 1.165) is 26.1 Å². The van der Waals surface area contributed by atoms with E-state index in [1.807, 2.05) is 13.8 Å². The first-order valence-corrected chi connectivity index (χ1v) is 6.00. The van der Waals surface area contributed by atoms with Crippen molar-refractivity contribution in [3.8, 4) is 0 Å². The number of carbonyl (C=O) groups excluding carboxylic acids is 1. The van der Waals surface area contributed by atoms with Gasteiger partial charge in [0.2, 0.25) is 5.91 Å². The van der Waals surface area contributed by atoms with Crippen LogP contribution in [0.15, 0.2) is 0 Å². The highest BCUT2D eigenvalue weighted by Crippen LogP contribution is 2.54. The Morgan fingerprint density at radius 3 is 2.31 bits per heavy atom. The first-order valence-electron chi connectivity index (χ1n) is 6.00. The largest absolute Gasteiger partial charge is 0.380 e. The van der Waals surface area contributed by atoms with Gasteiger partial charge in [-0.15, -0.1) is 0 Å². The molecule has 16 heavy (non-hydrogen) atoms. The van der Waals surface area contributed by atoms with Crippen LogP contribution in [0.2, 0.25) is 0 Å². The standard InChI is InChI=1S/C10H17NO3.C2H6/c1-9(14-3-8(12)11-2)4-10(5-9)6-13-7-10;1-2/h3-7H2,1-2H3,(H,11,12);1-2H3. The van der Waals surface area contributed by atoms with E-state index in [1.165, 1.54) is 0 Å². The van der Waals surface area contributed by atoms with Crippen LogP contribution in [0.4, 0.5) is 0 Å². The molecule has 0 radical (unpaired) electrons. The van der Waals surface area contributed by atoms with Crippen LogP contribution in [0.5, 0.6) is 0 Å². The Kier molecular flexibility index (Phi) is 4.33. The number of amides is 1. The van der Waals surface area contributed by atoms with Gasteiger partial charge in [-0.2, -0.15) is 0 Å². The number of nitrogens with one attached hydrogen (secondary N) is 1. The van der Waals surface area contributed by atoms with Crippen LogP contribution in [0.1, 0.15) is 33.6 Å². The van der Waals surface area contributed by atoms with Crippen molar-refractivity contribution >= 4 is 5.91 Å². The molecule has 0 unspecified atom stereocenters. The minimum absolute atomic E-state index is 0.0583. The number of carbonyl (C=O) groups is 1. The van der Waals surface area contributed by atoms with Gasteiger partial charge in [0.25, 0.3) is 0 Å². The van der Waals surface area contributed by atoms with E-state index in [9.17, 15) is 4.79 Å². The van der Waals surface area contributed by atoms with Crippen molar-refractivity contribution in [1.82, 2.24) is 5.32 Å². The van der Waals surface area contributed by atoms with Crippen molar-refractivity contribution in [1.29, 1.82) is 0 Å². The predicted octanol–water partition coefficient (Wildman–Crippen LogP) is 1.34. The molecule has 4 heteroatoms. The summed E-state index contributed by atoms with van der Waals surface area (Å²) in [4.78, 5) is 11.0. The third kappa shape index (κ3) is 2.74. The molecule has 2 aliphatic rings. The number of ether oxygens (including phenoxy) is 2. The zero-order valence-corrected chi connectivity index (χ0v) is 10.8. The van der Waals surface area contributed by atoms with Gasteiger partial charge < -0.3 is 14.8 Å². The fraction of sp³-hybridized carbons (Fsp3) is 0.917. The lowest BCUT2D eigenvalue weighted by molar-refractivity contribution is -0.248. The molecule has 0 aromatic heterocycles. The van der Waals surface area contributed by atoms with Gasteiger partial charge in [-0.25, -0.2) is 0 Å². The quantitative estimate of drug-likeness (QED) is 0.794. The minimum atomic E-state index is -0.101. The van der Waals surface area contributed by atoms with Crippen LogP contribution in [-0.4, -0.2) is 38.4 Å². The van der Waals surface area contributed by atoms with Crippen LogP contribution in [0.3, 0.4) is 0 Å². The van der Waals surface area contributed by atoms with Gasteiger partial charge in [-0.05, 0) is 19.8 Å². The summed E-state index contributed by atoms with van der Waals surface area (Å²) < 4.78 is 10.8. The second kappa shape index (κ2) is 5.15. The van der Waals surface area contributed by atoms with Crippen LogP contribution in [-0.2, 0) is 14.3 Å². The van der Waals surface area contributed by atoms with E-state index >= 15 is 0 Å². The molecule has 1 amide bonds. The van der Waals surface area contributed by atoms with Crippen molar-refractivity contribution < 1.29 is 14.3 Å². The van der Waals surface area contributed by atoms with Crippen LogP contribution >= 0.6 is 0 Å². The van der Waals surface area contributed by atoms with E-state index in [1.54, 1.807) is 7.05 Å². The monoisotopic (exact) mass is 229 g/mol. The molecule has 1 saturated heterocycles. The SMILES string of the molecule is CC.CNC(=O)COC1(C)CC2(COC2)C1. The first-order chi connectivity index (χ1) is 7.58. The second-order valence-corrected chi connectivity index (χ2v) is 4.76. The van der Waals surface area contributed by atoms with Crippen LogP contribution in [0, 0.1) is 5.41 Å². The molecule has 2 rings (SSSR count). The maximum atomic E-state index is 11.0. The summed E-state index contributed by atoms with van der Waals surface area (Å²) in [5.41, 5.74) is 0.285. The Morgan fingerprint density at radius 2 is 1.94 bits per heavy atom. The lowest BCUT2D eigenvalue weighted by Crippen LogP contribution is -2.61. The summed E-state index contributed by atoms with van der Waals surface area (Å²) in [6, 6.07) is 0. The fourth-order valence-electron chi connectivity index (χ4n) is 2.54. The van der Waals surface area contributed by atoms with Gasteiger partial charge in [-0.1, -0.05) is 13.8 Å². The molecule has 0 aromatic rings. The van der Waals surface area contributed by atoms with Crippen molar-refractivity contribution in [2.75, 3.05) is 26.9 Å². The van der Waals surface area contributed by atoms with Gasteiger partial charge in [0.05, 0.1) is 18.8 Å². The number of likely N-dealkylation sites (N-methyl/N-ethyl adjacent to an activating group) is 1. The molecular weight excluding hydrogens is 206 g/mol. The maximum Gasteiger partial charge on any atom is 0.245 e. The smallest absolute Gasteiger partial charge is 0.245 e. The zero-order chi connectivity index (χ0) is 12.2. The molecule has 0 bridgehead atoms. The summed E-state index contributed by atoms with van der Waals surface area (Å²) >= 11 is 0. The Morgan fingerprint density at radius 1 is 1.38 bits per heavy atom. The van der Waals surface area contributed by atoms with Crippen LogP contribution in [0.25, 0.3) is 0 Å². The lowest BCUT2D eigenvalue weighted by atomic mass is 9.58. The topological polar surface area (TPSA) is 47.6 Å². The van der Waals surface area contributed by atoms with Crippen LogP contribution < -0.4 is 5.32 Å². The average Bonchev–Trinajstić information content (AvgIpc) is 2.22. The normalized spacial score (nSPS) is 23.5. The molecule has 4 nitrogen and oxygen atoms in total. The van der Waals surface area contributed by atoms with Gasteiger partial charge in [0.15, 0.2) is 0 Å². The van der Waals surface area contributed by atoms with Gasteiger partial charge in [0.1, 0.15) is 6.61 Å². The summed E-state index contributed by atoms with van der Waals surface area (Å²) in [6.07, 6.45) is 2.05. The number of hydrogen-bond acceptors (Lipinski definition) is 3. The Hall–Kier alpha value is -0.610. The average molecular weight is 229 g/mol. The van der Waals surface area contributed by atoms with Crippen molar-refractivity contribution in [3.63, 3.8) is 0 Å². The number of rotatable bonds is 3. The molecule has 0 aromatic carbocycles. The highest BCUT2D eigenvalue weighted by Gasteiger charge is 2.56. The van der Waals surface area contributed by atoms with E-state index < -0.39 is 0 Å². The van der Waals surface area contributed by atoms with E-state index in [2.05, 4.69) is 12.2 Å². The van der Waals surface area contributed by atoms with Crippen molar-refractivity contribution in [2.24, 2.45) is 5.41 Å². The molecular formula is C12H23NO3. The second-order valence-electron chi connectivity index (χ2n) is 4.76. The Labute approximate surface area is 97.7 Å². The highest BCUT2D eigenvalue weighted by molar-refractivity contribution is 5.76. The predicted molar refractivity (Wildman–Crippen MR) is 62.3 cm³/mol. The fourth-order valence-corrected chi connectivity index (χ4v) is 2.54. The summed E-state index contributed by atoms with van der Waals surface area (Å²) in [6.45, 7) is 7.97. The molecule has 1 spiro atoms. The minimum Gasteiger partial charge on any atom is -0.380 e. The molecule has 94 valence electrons. The van der Waals surface area contributed by atoms with E-state index in [4.69, 9.17) is 9.47 Å². The number of hydrogen-bond donors (Lipinski definition) is 1. The molecule has 1 N–H and O–H groups in total. The van der Waals surface area contributed by atoms with E-state index in [0.29, 0.717) is 5.41 Å². The molecule has 1 aliphatic heterocycles. The zero-order valence-electron chi connectivity index (χ0n) is 10.8. The highest BCUT2D eigenvalue weighted by atomic mass is 16.5. The third-order valence-corrected chi connectivity index (χ3v) is 3.14. The van der Waals surface area contributed by atoms with Gasteiger partial charge >= 0.3 is 0 Å². The maximum absolute atomic E-state index is 11.0. The Balaban J connectivity index is 0.000000606. The van der Waals surface area contributed by atoms with Gasteiger partial charge in [-0.3, -0.25) is 4.79 Å². The Bertz CT molecular complexity index is 241. The molecule has 1 heterocycles. The summed E-state index contributed by atoms with van der Waals surface area (Å²) in [7, 11) is 1.62. The summed E-state index contributed by atoms with van der Waals surface area (Å²) in [5, 5.41) is 2.55. The summed E-state index contributed by atoms with van der Waals surface area (Å²) in [5.74, 6) is -0.0583. The lowest BCUT2D eigenvalue weighted by Gasteiger charge is -2.58.